The Labute approximate surface area is 124 Å². The largest absolute Gasteiger partial charge is 0.446 e. The lowest BCUT2D eigenvalue weighted by Gasteiger charge is -2.12. The summed E-state index contributed by atoms with van der Waals surface area (Å²) in [7, 11) is -3.68. The van der Waals surface area contributed by atoms with Gasteiger partial charge in [0.15, 0.2) is 0 Å². The first kappa shape index (κ1) is 15.8. The molecular weight excluding hydrogens is 290 g/mol. The van der Waals surface area contributed by atoms with Gasteiger partial charge in [0.25, 0.3) is 10.0 Å². The first-order chi connectivity index (χ1) is 10.0. The van der Waals surface area contributed by atoms with Crippen molar-refractivity contribution in [3.8, 4) is 0 Å². The van der Waals surface area contributed by atoms with Gasteiger partial charge >= 0.3 is 0 Å². The fraction of sp³-hybridized carbons (Fsp3) is 0.333. The maximum Gasteiger partial charge on any atom is 0.274 e. The number of aliphatic hydroxyl groups excluding tert-OH is 1. The molecule has 0 fully saturated rings. The Morgan fingerprint density at radius 3 is 2.52 bits per heavy atom. The van der Waals surface area contributed by atoms with Gasteiger partial charge in [0.2, 0.25) is 5.09 Å². The molecule has 1 atom stereocenters. The van der Waals surface area contributed by atoms with Crippen LogP contribution in [0, 0.1) is 0 Å². The molecule has 2 rings (SSSR count). The minimum atomic E-state index is -3.68. The lowest BCUT2D eigenvalue weighted by Crippen LogP contribution is -2.32. The normalized spacial score (nSPS) is 13.2. The van der Waals surface area contributed by atoms with E-state index in [9.17, 15) is 8.42 Å². The van der Waals surface area contributed by atoms with Crippen LogP contribution in [-0.2, 0) is 23.1 Å². The fourth-order valence-corrected chi connectivity index (χ4v) is 3.23. The Kier molecular flexibility index (Phi) is 5.17. The molecule has 1 heterocycles. The predicted molar refractivity (Wildman–Crippen MR) is 79.2 cm³/mol. The third-order valence-corrected chi connectivity index (χ3v) is 4.58. The Morgan fingerprint density at radius 1 is 1.19 bits per heavy atom. The molecule has 2 N–H and O–H groups in total. The Balaban J connectivity index is 1.93. The molecule has 1 aromatic heterocycles. The summed E-state index contributed by atoms with van der Waals surface area (Å²) >= 11 is 0. The van der Waals surface area contributed by atoms with E-state index in [1.807, 2.05) is 37.3 Å². The molecule has 0 radical (unpaired) electrons. The molecule has 114 valence electrons. The van der Waals surface area contributed by atoms with Crippen LogP contribution in [0.15, 0.2) is 52.0 Å². The van der Waals surface area contributed by atoms with Crippen LogP contribution in [0.5, 0.6) is 0 Å². The number of hydrogen-bond acceptors (Lipinski definition) is 4. The molecule has 0 saturated heterocycles. The van der Waals surface area contributed by atoms with Crippen molar-refractivity contribution in [2.45, 2.75) is 37.5 Å². The van der Waals surface area contributed by atoms with Crippen molar-refractivity contribution in [3.63, 3.8) is 0 Å². The summed E-state index contributed by atoms with van der Waals surface area (Å²) in [5.74, 6) is 0.229. The van der Waals surface area contributed by atoms with Gasteiger partial charge in [-0.1, -0.05) is 30.3 Å². The van der Waals surface area contributed by atoms with Crippen molar-refractivity contribution in [2.75, 3.05) is 0 Å². The Hall–Kier alpha value is -1.63. The second kappa shape index (κ2) is 6.89. The van der Waals surface area contributed by atoms with Crippen molar-refractivity contribution in [3.05, 3.63) is 53.8 Å². The van der Waals surface area contributed by atoms with Gasteiger partial charge < -0.3 is 9.52 Å². The van der Waals surface area contributed by atoms with Crippen molar-refractivity contribution < 1.29 is 17.9 Å². The maximum absolute atomic E-state index is 12.1. The Morgan fingerprint density at radius 2 is 1.90 bits per heavy atom. The molecule has 0 aliphatic heterocycles. The van der Waals surface area contributed by atoms with Crippen molar-refractivity contribution in [1.82, 2.24) is 4.72 Å². The molecule has 0 spiro atoms. The smallest absolute Gasteiger partial charge is 0.274 e. The quantitative estimate of drug-likeness (QED) is 0.820. The highest BCUT2D eigenvalue weighted by atomic mass is 32.2. The number of benzene rings is 1. The van der Waals surface area contributed by atoms with E-state index < -0.39 is 10.0 Å². The summed E-state index contributed by atoms with van der Waals surface area (Å²) in [4.78, 5) is 0. The van der Waals surface area contributed by atoms with E-state index in [-0.39, 0.29) is 23.5 Å². The zero-order chi connectivity index (χ0) is 15.3. The molecule has 0 aliphatic carbocycles. The second-order valence-corrected chi connectivity index (χ2v) is 6.57. The zero-order valence-corrected chi connectivity index (χ0v) is 12.6. The zero-order valence-electron chi connectivity index (χ0n) is 11.8. The lowest BCUT2D eigenvalue weighted by atomic mass is 10.1. The number of nitrogens with one attached hydrogen (secondary N) is 1. The predicted octanol–water partition coefficient (Wildman–Crippen LogP) is 2.07. The van der Waals surface area contributed by atoms with Gasteiger partial charge in [-0.25, -0.2) is 13.1 Å². The molecule has 0 amide bonds. The van der Waals surface area contributed by atoms with Crippen LogP contribution in [0.1, 0.15) is 24.7 Å². The third kappa shape index (κ3) is 4.42. The standard InChI is InChI=1S/C15H19NO4S/c1-12(7-8-13-5-3-2-4-6-13)16-21(18,19)15-10-9-14(11-17)20-15/h2-6,9-10,12,16-17H,7-8,11H2,1H3. The number of rotatable bonds is 7. The number of aliphatic hydroxyl groups is 1. The van der Waals surface area contributed by atoms with E-state index in [0.717, 1.165) is 6.42 Å². The number of sulfonamides is 1. The van der Waals surface area contributed by atoms with Gasteiger partial charge in [-0.2, -0.15) is 0 Å². The number of hydrogen-bond donors (Lipinski definition) is 2. The van der Waals surface area contributed by atoms with Crippen LogP contribution >= 0.6 is 0 Å². The Bertz CT molecular complexity index is 664. The highest BCUT2D eigenvalue weighted by Gasteiger charge is 2.21. The summed E-state index contributed by atoms with van der Waals surface area (Å²) < 4.78 is 31.8. The van der Waals surface area contributed by atoms with Crippen molar-refractivity contribution in [2.24, 2.45) is 0 Å². The van der Waals surface area contributed by atoms with Crippen LogP contribution < -0.4 is 4.72 Å². The van der Waals surface area contributed by atoms with Gasteiger partial charge in [-0.15, -0.1) is 0 Å². The van der Waals surface area contributed by atoms with Crippen molar-refractivity contribution in [1.29, 1.82) is 0 Å². The molecule has 6 heteroatoms. The highest BCUT2D eigenvalue weighted by molar-refractivity contribution is 7.89. The first-order valence-electron chi connectivity index (χ1n) is 6.77. The lowest BCUT2D eigenvalue weighted by molar-refractivity contribution is 0.236. The average Bonchev–Trinajstić information content (AvgIpc) is 2.96. The summed E-state index contributed by atoms with van der Waals surface area (Å²) in [5.41, 5.74) is 1.17. The monoisotopic (exact) mass is 309 g/mol. The topological polar surface area (TPSA) is 79.5 Å². The molecule has 5 nitrogen and oxygen atoms in total. The van der Waals surface area contributed by atoms with E-state index in [1.165, 1.54) is 17.7 Å². The third-order valence-electron chi connectivity index (χ3n) is 3.12. The molecule has 1 unspecified atom stereocenters. The molecule has 0 aliphatic rings. The summed E-state index contributed by atoms with van der Waals surface area (Å²) in [5, 5.41) is 8.73. The molecule has 1 aromatic carbocycles. The molecular formula is C15H19NO4S. The maximum atomic E-state index is 12.1. The molecule has 0 saturated carbocycles. The SMILES string of the molecule is CC(CCc1ccccc1)NS(=O)(=O)c1ccc(CO)o1. The number of furan rings is 1. The van der Waals surface area contributed by atoms with Crippen LogP contribution in [0.25, 0.3) is 0 Å². The van der Waals surface area contributed by atoms with Gasteiger partial charge in [-0.05, 0) is 37.5 Å². The first-order valence-corrected chi connectivity index (χ1v) is 8.25. The highest BCUT2D eigenvalue weighted by Crippen LogP contribution is 2.15. The average molecular weight is 309 g/mol. The van der Waals surface area contributed by atoms with E-state index in [4.69, 9.17) is 9.52 Å². The summed E-state index contributed by atoms with van der Waals surface area (Å²) in [6.45, 7) is 1.50. The van der Waals surface area contributed by atoms with E-state index in [2.05, 4.69) is 4.72 Å². The van der Waals surface area contributed by atoms with Gasteiger partial charge in [0, 0.05) is 6.04 Å². The van der Waals surface area contributed by atoms with E-state index in [1.54, 1.807) is 0 Å². The molecule has 2 aromatic rings. The van der Waals surface area contributed by atoms with Crippen LogP contribution in [0.4, 0.5) is 0 Å². The number of aryl methyl sites for hydroxylation is 1. The van der Waals surface area contributed by atoms with Crippen LogP contribution in [0.2, 0.25) is 0 Å². The van der Waals surface area contributed by atoms with Crippen LogP contribution in [0.3, 0.4) is 0 Å². The molecule has 21 heavy (non-hydrogen) atoms. The van der Waals surface area contributed by atoms with Crippen molar-refractivity contribution >= 4 is 10.0 Å². The minimum absolute atomic E-state index is 0.168. The fourth-order valence-electron chi connectivity index (χ4n) is 2.00. The van der Waals surface area contributed by atoms with E-state index >= 15 is 0 Å². The minimum Gasteiger partial charge on any atom is -0.446 e. The van der Waals surface area contributed by atoms with Gasteiger partial charge in [0.05, 0.1) is 0 Å². The van der Waals surface area contributed by atoms with Gasteiger partial charge in [0.1, 0.15) is 12.4 Å². The molecule has 0 bridgehead atoms. The second-order valence-electron chi connectivity index (χ2n) is 4.93. The van der Waals surface area contributed by atoms with E-state index in [0.29, 0.717) is 6.42 Å². The summed E-state index contributed by atoms with van der Waals surface area (Å²) in [6, 6.07) is 12.5. The summed E-state index contributed by atoms with van der Waals surface area (Å²) in [6.07, 6.45) is 1.49. The van der Waals surface area contributed by atoms with Crippen LogP contribution in [-0.4, -0.2) is 19.6 Å². The van der Waals surface area contributed by atoms with Gasteiger partial charge in [-0.3, -0.25) is 0 Å².